The predicted molar refractivity (Wildman–Crippen MR) is 120 cm³/mol. The Bertz CT molecular complexity index is 1120. The SMILES string of the molecule is COc1cc(/C=N\NC(=O)C(=O)Nc2ccc(F)cc2)ccc1OCc1ccc(Cl)cc1. The van der Waals surface area contributed by atoms with E-state index in [1.165, 1.54) is 37.6 Å². The van der Waals surface area contributed by atoms with Crippen LogP contribution in [0.15, 0.2) is 71.8 Å². The Balaban J connectivity index is 1.55. The minimum atomic E-state index is -0.972. The van der Waals surface area contributed by atoms with Crippen LogP contribution in [-0.4, -0.2) is 25.1 Å². The van der Waals surface area contributed by atoms with Crippen molar-refractivity contribution in [2.45, 2.75) is 6.61 Å². The van der Waals surface area contributed by atoms with E-state index >= 15 is 0 Å². The van der Waals surface area contributed by atoms with E-state index < -0.39 is 17.6 Å². The van der Waals surface area contributed by atoms with Gasteiger partial charge in [0.25, 0.3) is 0 Å². The molecule has 0 aliphatic carbocycles. The van der Waals surface area contributed by atoms with E-state index in [4.69, 9.17) is 21.1 Å². The average Bonchev–Trinajstić information content (AvgIpc) is 2.80. The Morgan fingerprint density at radius 1 is 1.00 bits per heavy atom. The Kier molecular flexibility index (Phi) is 7.77. The third-order valence-electron chi connectivity index (χ3n) is 4.18. The molecule has 0 saturated carbocycles. The molecular formula is C23H19ClFN3O4. The number of benzene rings is 3. The Hall–Kier alpha value is -3.91. The smallest absolute Gasteiger partial charge is 0.329 e. The van der Waals surface area contributed by atoms with Crippen molar-refractivity contribution >= 4 is 35.3 Å². The van der Waals surface area contributed by atoms with Gasteiger partial charge in [0, 0.05) is 10.7 Å². The molecule has 3 rings (SSSR count). The molecule has 0 saturated heterocycles. The lowest BCUT2D eigenvalue weighted by Gasteiger charge is -2.11. The highest BCUT2D eigenvalue weighted by atomic mass is 35.5. The van der Waals surface area contributed by atoms with Crippen LogP contribution in [-0.2, 0) is 16.2 Å². The molecule has 3 aromatic carbocycles. The van der Waals surface area contributed by atoms with Crippen LogP contribution in [0.4, 0.5) is 10.1 Å². The first-order valence-corrected chi connectivity index (χ1v) is 9.77. The normalized spacial score (nSPS) is 10.6. The van der Waals surface area contributed by atoms with Gasteiger partial charge in [-0.05, 0) is 65.7 Å². The molecule has 164 valence electrons. The van der Waals surface area contributed by atoms with Crippen LogP contribution in [0.2, 0.25) is 5.02 Å². The summed E-state index contributed by atoms with van der Waals surface area (Å²) in [4.78, 5) is 23.7. The molecule has 0 atom stereocenters. The van der Waals surface area contributed by atoms with Gasteiger partial charge in [-0.25, -0.2) is 9.82 Å². The highest BCUT2D eigenvalue weighted by Gasteiger charge is 2.13. The van der Waals surface area contributed by atoms with E-state index in [1.807, 2.05) is 12.1 Å². The molecule has 32 heavy (non-hydrogen) atoms. The van der Waals surface area contributed by atoms with E-state index in [0.717, 1.165) is 5.56 Å². The van der Waals surface area contributed by atoms with Gasteiger partial charge in [0.2, 0.25) is 0 Å². The topological polar surface area (TPSA) is 89.0 Å². The Morgan fingerprint density at radius 3 is 2.41 bits per heavy atom. The van der Waals surface area contributed by atoms with Crippen LogP contribution in [0.5, 0.6) is 11.5 Å². The molecule has 7 nitrogen and oxygen atoms in total. The van der Waals surface area contributed by atoms with Crippen LogP contribution in [0, 0.1) is 5.82 Å². The van der Waals surface area contributed by atoms with Gasteiger partial charge in [-0.3, -0.25) is 9.59 Å². The second-order valence-corrected chi connectivity index (χ2v) is 6.92. The predicted octanol–water partition coefficient (Wildman–Crippen LogP) is 4.16. The summed E-state index contributed by atoms with van der Waals surface area (Å²) in [6.45, 7) is 0.334. The number of nitrogens with zero attached hydrogens (tertiary/aromatic N) is 1. The molecule has 0 fully saturated rings. The zero-order chi connectivity index (χ0) is 22.9. The van der Waals surface area contributed by atoms with Gasteiger partial charge in [0.15, 0.2) is 11.5 Å². The minimum absolute atomic E-state index is 0.287. The molecule has 3 aromatic rings. The first-order chi connectivity index (χ1) is 15.4. The summed E-state index contributed by atoms with van der Waals surface area (Å²) in [6.07, 6.45) is 1.36. The number of amides is 2. The van der Waals surface area contributed by atoms with Crippen LogP contribution in [0.25, 0.3) is 0 Å². The molecule has 2 amide bonds. The molecular weight excluding hydrogens is 437 g/mol. The number of ether oxygens (including phenoxy) is 2. The monoisotopic (exact) mass is 455 g/mol. The second-order valence-electron chi connectivity index (χ2n) is 6.49. The van der Waals surface area contributed by atoms with E-state index in [9.17, 15) is 14.0 Å². The average molecular weight is 456 g/mol. The number of anilines is 1. The van der Waals surface area contributed by atoms with E-state index in [2.05, 4.69) is 15.8 Å². The molecule has 0 unspecified atom stereocenters. The van der Waals surface area contributed by atoms with Gasteiger partial charge in [0.1, 0.15) is 12.4 Å². The van der Waals surface area contributed by atoms with Gasteiger partial charge in [-0.1, -0.05) is 23.7 Å². The number of halogens is 2. The van der Waals surface area contributed by atoms with Gasteiger partial charge < -0.3 is 14.8 Å². The van der Waals surface area contributed by atoms with Crippen molar-refractivity contribution in [2.75, 3.05) is 12.4 Å². The first-order valence-electron chi connectivity index (χ1n) is 9.40. The number of hydrogen-bond donors (Lipinski definition) is 2. The van der Waals surface area contributed by atoms with Crippen molar-refractivity contribution in [3.8, 4) is 11.5 Å². The number of hydrazone groups is 1. The quantitative estimate of drug-likeness (QED) is 0.318. The molecule has 0 aromatic heterocycles. The van der Waals surface area contributed by atoms with Crippen molar-refractivity contribution in [2.24, 2.45) is 5.10 Å². The maximum atomic E-state index is 12.9. The fraction of sp³-hybridized carbons (Fsp3) is 0.0870. The highest BCUT2D eigenvalue weighted by molar-refractivity contribution is 6.39. The highest BCUT2D eigenvalue weighted by Crippen LogP contribution is 2.28. The van der Waals surface area contributed by atoms with Crippen LogP contribution in [0.1, 0.15) is 11.1 Å². The zero-order valence-electron chi connectivity index (χ0n) is 17.0. The van der Waals surface area contributed by atoms with Crippen molar-refractivity contribution in [3.05, 3.63) is 88.7 Å². The fourth-order valence-corrected chi connectivity index (χ4v) is 2.69. The molecule has 9 heteroatoms. The molecule has 0 aliphatic heterocycles. The van der Waals surface area contributed by atoms with Gasteiger partial charge in [-0.2, -0.15) is 5.10 Å². The summed E-state index contributed by atoms with van der Waals surface area (Å²) in [5.74, 6) is -1.35. The van der Waals surface area contributed by atoms with Crippen LogP contribution < -0.4 is 20.2 Å². The van der Waals surface area contributed by atoms with E-state index in [-0.39, 0.29) is 5.69 Å². The van der Waals surface area contributed by atoms with Crippen molar-refractivity contribution in [1.29, 1.82) is 0 Å². The minimum Gasteiger partial charge on any atom is -0.493 e. The van der Waals surface area contributed by atoms with Gasteiger partial charge >= 0.3 is 11.8 Å². The lowest BCUT2D eigenvalue weighted by Crippen LogP contribution is -2.32. The molecule has 0 radical (unpaired) electrons. The third-order valence-corrected chi connectivity index (χ3v) is 4.44. The van der Waals surface area contributed by atoms with Crippen molar-refractivity contribution in [1.82, 2.24) is 5.43 Å². The maximum absolute atomic E-state index is 12.9. The molecule has 0 heterocycles. The number of nitrogens with one attached hydrogen (secondary N) is 2. The summed E-state index contributed by atoms with van der Waals surface area (Å²) in [7, 11) is 1.51. The summed E-state index contributed by atoms with van der Waals surface area (Å²) in [5, 5.41) is 6.76. The Labute approximate surface area is 188 Å². The number of methoxy groups -OCH3 is 1. The molecule has 0 aliphatic rings. The summed E-state index contributed by atoms with van der Waals surface area (Å²) < 4.78 is 24.0. The van der Waals surface area contributed by atoms with Gasteiger partial charge in [0.05, 0.1) is 13.3 Å². The molecule has 0 bridgehead atoms. The van der Waals surface area contributed by atoms with Crippen molar-refractivity contribution < 1.29 is 23.5 Å². The second kappa shape index (κ2) is 10.9. The summed E-state index contributed by atoms with van der Waals surface area (Å²) in [6, 6.07) is 17.4. The van der Waals surface area contributed by atoms with Gasteiger partial charge in [-0.15, -0.1) is 0 Å². The summed E-state index contributed by atoms with van der Waals surface area (Å²) >= 11 is 5.88. The maximum Gasteiger partial charge on any atom is 0.329 e. The third kappa shape index (κ3) is 6.55. The zero-order valence-corrected chi connectivity index (χ0v) is 17.7. The first kappa shape index (κ1) is 22.8. The fourth-order valence-electron chi connectivity index (χ4n) is 2.56. The molecule has 0 spiro atoms. The lowest BCUT2D eigenvalue weighted by molar-refractivity contribution is -0.136. The van der Waals surface area contributed by atoms with E-state index in [1.54, 1.807) is 30.3 Å². The van der Waals surface area contributed by atoms with Crippen LogP contribution in [0.3, 0.4) is 0 Å². The summed E-state index contributed by atoms with van der Waals surface area (Å²) in [5.41, 5.74) is 3.97. The Morgan fingerprint density at radius 2 is 1.72 bits per heavy atom. The largest absolute Gasteiger partial charge is 0.493 e. The lowest BCUT2D eigenvalue weighted by atomic mass is 10.2. The van der Waals surface area contributed by atoms with Crippen molar-refractivity contribution in [3.63, 3.8) is 0 Å². The number of rotatable bonds is 7. The number of hydrogen-bond acceptors (Lipinski definition) is 5. The number of carbonyl (C=O) groups is 2. The standard InChI is InChI=1S/C23H19ClFN3O4/c1-31-21-12-16(4-11-20(21)32-14-15-2-5-17(24)6-3-15)13-26-28-23(30)22(29)27-19-9-7-18(25)8-10-19/h2-13H,14H2,1H3,(H,27,29)(H,28,30)/b26-13-. The number of carbonyl (C=O) groups excluding carboxylic acids is 2. The van der Waals surface area contributed by atoms with Crippen LogP contribution >= 0.6 is 11.6 Å². The van der Waals surface area contributed by atoms with E-state index in [0.29, 0.717) is 28.7 Å². The molecule has 2 N–H and O–H groups in total.